The van der Waals surface area contributed by atoms with Gasteiger partial charge >= 0.3 is 0 Å². The molecule has 4 rings (SSSR count). The smallest absolute Gasteiger partial charge is 0.226 e. The van der Waals surface area contributed by atoms with Crippen LogP contribution in [0.25, 0.3) is 22.1 Å². The van der Waals surface area contributed by atoms with Crippen molar-refractivity contribution in [2.45, 2.75) is 26.3 Å². The van der Waals surface area contributed by atoms with E-state index in [2.05, 4.69) is 76.2 Å². The number of hydrogen-bond donors (Lipinski definition) is 1. The van der Waals surface area contributed by atoms with Crippen LogP contribution in [0.4, 0.5) is 5.82 Å². The van der Waals surface area contributed by atoms with Crippen molar-refractivity contribution in [1.82, 2.24) is 24.1 Å². The average Bonchev–Trinajstić information content (AvgIpc) is 3.17. The molecule has 0 amide bonds. The number of anilines is 1. The molecule has 7 heteroatoms. The Morgan fingerprint density at radius 1 is 1.19 bits per heavy atom. The van der Waals surface area contributed by atoms with Gasteiger partial charge in [0.05, 0.1) is 6.33 Å². The Bertz CT molecular complexity index is 1080. The van der Waals surface area contributed by atoms with Crippen LogP contribution >= 0.6 is 11.6 Å². The number of para-hydroxylation sites is 1. The average molecular weight is 369 g/mol. The Kier molecular flexibility index (Phi) is 4.28. The van der Waals surface area contributed by atoms with E-state index in [1.165, 1.54) is 16.5 Å². The van der Waals surface area contributed by atoms with Crippen molar-refractivity contribution in [2.24, 2.45) is 7.05 Å². The van der Waals surface area contributed by atoms with E-state index >= 15 is 0 Å². The number of benzene rings is 1. The molecule has 0 aliphatic rings. The molecule has 0 unspecified atom stereocenters. The summed E-state index contributed by atoms with van der Waals surface area (Å²) in [6, 6.07) is 8.70. The third-order valence-electron chi connectivity index (χ3n) is 4.62. The number of nitrogens with one attached hydrogen (secondary N) is 1. The lowest BCUT2D eigenvalue weighted by molar-refractivity contribution is 0.612. The zero-order valence-electron chi connectivity index (χ0n) is 15.1. The van der Waals surface area contributed by atoms with Gasteiger partial charge in [-0.2, -0.15) is 9.97 Å². The second-order valence-electron chi connectivity index (χ2n) is 6.72. The van der Waals surface area contributed by atoms with Crippen LogP contribution in [-0.4, -0.2) is 30.6 Å². The number of hydrogen-bond acceptors (Lipinski definition) is 4. The molecule has 0 aliphatic carbocycles. The largest absolute Gasteiger partial charge is 0.368 e. The zero-order chi connectivity index (χ0) is 18.3. The van der Waals surface area contributed by atoms with Gasteiger partial charge in [-0.15, -0.1) is 0 Å². The Morgan fingerprint density at radius 3 is 2.81 bits per heavy atom. The van der Waals surface area contributed by atoms with Crippen molar-refractivity contribution >= 4 is 39.5 Å². The minimum absolute atomic E-state index is 0.229. The predicted molar refractivity (Wildman–Crippen MR) is 106 cm³/mol. The molecule has 134 valence electrons. The topological polar surface area (TPSA) is 60.6 Å². The van der Waals surface area contributed by atoms with Gasteiger partial charge in [-0.05, 0) is 43.5 Å². The van der Waals surface area contributed by atoms with E-state index in [9.17, 15) is 0 Å². The van der Waals surface area contributed by atoms with E-state index in [1.807, 2.05) is 4.57 Å². The Balaban J connectivity index is 1.58. The quantitative estimate of drug-likeness (QED) is 0.536. The van der Waals surface area contributed by atoms with Crippen LogP contribution in [0.5, 0.6) is 0 Å². The first-order valence-corrected chi connectivity index (χ1v) is 9.09. The van der Waals surface area contributed by atoms with Crippen LogP contribution in [0, 0.1) is 0 Å². The first kappa shape index (κ1) is 16.8. The lowest BCUT2D eigenvalue weighted by Gasteiger charge is -2.09. The zero-order valence-corrected chi connectivity index (χ0v) is 15.8. The summed E-state index contributed by atoms with van der Waals surface area (Å²) in [6.45, 7) is 4.92. The number of fused-ring (bicyclic) bond motifs is 2. The van der Waals surface area contributed by atoms with Gasteiger partial charge in [0.25, 0.3) is 0 Å². The maximum absolute atomic E-state index is 6.13. The van der Waals surface area contributed by atoms with Gasteiger partial charge in [0.2, 0.25) is 5.28 Å². The number of aryl methyl sites for hydroxylation is 1. The summed E-state index contributed by atoms with van der Waals surface area (Å²) in [5.74, 6) is 0.680. The summed E-state index contributed by atoms with van der Waals surface area (Å²) in [7, 11) is 2.07. The van der Waals surface area contributed by atoms with Gasteiger partial charge < -0.3 is 14.5 Å². The molecule has 26 heavy (non-hydrogen) atoms. The minimum atomic E-state index is 0.229. The molecule has 0 aliphatic heterocycles. The second-order valence-corrected chi connectivity index (χ2v) is 7.06. The van der Waals surface area contributed by atoms with E-state index in [0.29, 0.717) is 5.82 Å². The summed E-state index contributed by atoms with van der Waals surface area (Å²) in [4.78, 5) is 13.1. The molecule has 0 fully saturated rings. The van der Waals surface area contributed by atoms with E-state index in [0.717, 1.165) is 24.1 Å². The predicted octanol–water partition coefficient (Wildman–Crippen LogP) is 4.21. The molecule has 0 saturated carbocycles. The van der Waals surface area contributed by atoms with Gasteiger partial charge in [-0.1, -0.05) is 18.2 Å². The number of aromatic nitrogens is 5. The second kappa shape index (κ2) is 6.61. The molecular weight excluding hydrogens is 348 g/mol. The molecular formula is C19H21ClN6. The van der Waals surface area contributed by atoms with Gasteiger partial charge in [0.15, 0.2) is 17.0 Å². The van der Waals surface area contributed by atoms with E-state index < -0.39 is 0 Å². The third kappa shape index (κ3) is 2.90. The van der Waals surface area contributed by atoms with Crippen LogP contribution < -0.4 is 5.32 Å². The summed E-state index contributed by atoms with van der Waals surface area (Å²) < 4.78 is 4.16. The van der Waals surface area contributed by atoms with Crippen LogP contribution in [0.3, 0.4) is 0 Å². The van der Waals surface area contributed by atoms with E-state index in [4.69, 9.17) is 11.6 Å². The third-order valence-corrected chi connectivity index (χ3v) is 4.79. The van der Waals surface area contributed by atoms with Gasteiger partial charge in [0, 0.05) is 36.7 Å². The fraction of sp³-hybridized carbons (Fsp3) is 0.316. The molecule has 0 saturated heterocycles. The van der Waals surface area contributed by atoms with Crippen molar-refractivity contribution in [1.29, 1.82) is 0 Å². The standard InChI is InChI=1S/C19H21ClN6/c1-12(2)26-11-22-16-17(23-19(20)24-18(16)26)21-9-8-13-10-25(3)15-7-5-4-6-14(13)15/h4-7,10-12H,8-9H2,1-3H3,(H,21,23,24). The Morgan fingerprint density at radius 2 is 2.00 bits per heavy atom. The first-order valence-electron chi connectivity index (χ1n) is 8.71. The van der Waals surface area contributed by atoms with Crippen molar-refractivity contribution in [3.05, 3.63) is 47.6 Å². The highest BCUT2D eigenvalue weighted by Gasteiger charge is 2.14. The minimum Gasteiger partial charge on any atom is -0.368 e. The summed E-state index contributed by atoms with van der Waals surface area (Å²) in [5, 5.41) is 4.90. The van der Waals surface area contributed by atoms with Crippen LogP contribution in [0.1, 0.15) is 25.5 Å². The lowest BCUT2D eigenvalue weighted by atomic mass is 10.1. The maximum Gasteiger partial charge on any atom is 0.226 e. The van der Waals surface area contributed by atoms with Crippen molar-refractivity contribution < 1.29 is 0 Å². The number of imidazole rings is 1. The van der Waals surface area contributed by atoms with Gasteiger partial charge in [-0.3, -0.25) is 0 Å². The van der Waals surface area contributed by atoms with Crippen LogP contribution in [0.15, 0.2) is 36.8 Å². The van der Waals surface area contributed by atoms with Gasteiger partial charge in [0.1, 0.15) is 0 Å². The van der Waals surface area contributed by atoms with E-state index in [-0.39, 0.29) is 11.3 Å². The molecule has 3 aromatic heterocycles. The summed E-state index contributed by atoms with van der Waals surface area (Å²) in [5.41, 5.74) is 4.05. The van der Waals surface area contributed by atoms with Crippen LogP contribution in [-0.2, 0) is 13.5 Å². The SMILES string of the molecule is CC(C)n1cnc2c(NCCc3cn(C)c4ccccc34)nc(Cl)nc21. The maximum atomic E-state index is 6.13. The highest BCUT2D eigenvalue weighted by molar-refractivity contribution is 6.28. The monoisotopic (exact) mass is 368 g/mol. The molecule has 1 N–H and O–H groups in total. The first-order chi connectivity index (χ1) is 12.5. The summed E-state index contributed by atoms with van der Waals surface area (Å²) in [6.07, 6.45) is 4.86. The molecule has 6 nitrogen and oxygen atoms in total. The van der Waals surface area contributed by atoms with Crippen molar-refractivity contribution in [3.63, 3.8) is 0 Å². The van der Waals surface area contributed by atoms with Crippen LogP contribution in [0.2, 0.25) is 5.28 Å². The Hall–Kier alpha value is -2.60. The molecule has 0 spiro atoms. The molecule has 0 radical (unpaired) electrons. The van der Waals surface area contributed by atoms with Gasteiger partial charge in [-0.25, -0.2) is 4.98 Å². The number of halogens is 1. The highest BCUT2D eigenvalue weighted by atomic mass is 35.5. The fourth-order valence-corrected chi connectivity index (χ4v) is 3.50. The lowest BCUT2D eigenvalue weighted by Crippen LogP contribution is -2.08. The van der Waals surface area contributed by atoms with Crippen molar-refractivity contribution in [3.8, 4) is 0 Å². The summed E-state index contributed by atoms with van der Waals surface area (Å²) >= 11 is 6.13. The molecule has 3 heterocycles. The molecule has 0 bridgehead atoms. The molecule has 4 aromatic rings. The normalized spacial score (nSPS) is 11.7. The Labute approximate surface area is 156 Å². The number of nitrogens with zero attached hydrogens (tertiary/aromatic N) is 5. The highest BCUT2D eigenvalue weighted by Crippen LogP contribution is 2.24. The van der Waals surface area contributed by atoms with Crippen molar-refractivity contribution in [2.75, 3.05) is 11.9 Å². The fourth-order valence-electron chi connectivity index (χ4n) is 3.33. The van der Waals surface area contributed by atoms with E-state index in [1.54, 1.807) is 6.33 Å². The molecule has 1 aromatic carbocycles. The number of rotatable bonds is 5. The molecule has 0 atom stereocenters.